The highest BCUT2D eigenvalue weighted by molar-refractivity contribution is 5.76. The van der Waals surface area contributed by atoms with Crippen LogP contribution in [0.5, 0.6) is 0 Å². The fourth-order valence-corrected chi connectivity index (χ4v) is 4.69. The Morgan fingerprint density at radius 3 is 1.46 bits per heavy atom. The summed E-state index contributed by atoms with van der Waals surface area (Å²) >= 11 is 0. The molecule has 0 aromatic rings. The number of hydrogen-bond acceptors (Lipinski definition) is 3. The smallest absolute Gasteiger partial charge is 0.314 e. The number of rotatable bonds is 23. The monoisotopic (exact) mass is 495 g/mol. The fraction of sp³-hybridized carbons (Fsp3) is 0.931. The zero-order valence-electron chi connectivity index (χ0n) is 23.1. The van der Waals surface area contributed by atoms with Gasteiger partial charge in [-0.15, -0.1) is 0 Å². The van der Waals surface area contributed by atoms with E-state index >= 15 is 0 Å². The van der Waals surface area contributed by atoms with Crippen molar-refractivity contribution in [2.45, 2.75) is 135 Å². The van der Waals surface area contributed by atoms with Gasteiger partial charge in [-0.3, -0.25) is 4.79 Å². The minimum Gasteiger partial charge on any atom is -0.378 e. The van der Waals surface area contributed by atoms with Crippen LogP contribution in [-0.4, -0.2) is 56.2 Å². The van der Waals surface area contributed by atoms with Crippen molar-refractivity contribution < 1.29 is 14.3 Å². The van der Waals surface area contributed by atoms with Crippen LogP contribution in [0.3, 0.4) is 0 Å². The number of unbranched alkanes of at least 4 members (excludes halogenated alkanes) is 17. The van der Waals surface area contributed by atoms with E-state index in [1.165, 1.54) is 96.3 Å². The Kier molecular flexibility index (Phi) is 22.1. The summed E-state index contributed by atoms with van der Waals surface area (Å²) in [6.45, 7) is 6.48. The molecule has 1 rings (SSSR count). The third kappa shape index (κ3) is 20.6. The lowest BCUT2D eigenvalue weighted by Crippen LogP contribution is -2.40. The largest absolute Gasteiger partial charge is 0.378 e. The van der Waals surface area contributed by atoms with Crippen molar-refractivity contribution in [2.75, 3.05) is 39.4 Å². The van der Waals surface area contributed by atoms with Crippen molar-refractivity contribution >= 4 is 11.9 Å². The van der Waals surface area contributed by atoms with Gasteiger partial charge in [0, 0.05) is 32.6 Å². The predicted octanol–water partition coefficient (Wildman–Crippen LogP) is 6.97. The Hall–Kier alpha value is -1.30. The van der Waals surface area contributed by atoms with E-state index in [2.05, 4.69) is 17.6 Å². The molecule has 0 aromatic heterocycles. The summed E-state index contributed by atoms with van der Waals surface area (Å²) in [5, 5.41) is 5.89. The van der Waals surface area contributed by atoms with E-state index in [1.54, 1.807) is 0 Å². The van der Waals surface area contributed by atoms with Crippen LogP contribution in [0.15, 0.2) is 0 Å². The van der Waals surface area contributed by atoms with Gasteiger partial charge in [-0.05, 0) is 19.3 Å². The van der Waals surface area contributed by atoms with Crippen LogP contribution in [-0.2, 0) is 9.53 Å². The van der Waals surface area contributed by atoms with Gasteiger partial charge in [0.25, 0.3) is 0 Å². The van der Waals surface area contributed by atoms with E-state index in [1.807, 2.05) is 4.90 Å². The van der Waals surface area contributed by atoms with E-state index in [-0.39, 0.29) is 11.9 Å². The third-order valence-electron chi connectivity index (χ3n) is 7.03. The number of nitrogens with zero attached hydrogens (tertiary/aromatic N) is 1. The molecule has 0 radical (unpaired) electrons. The number of nitrogens with one attached hydrogen (secondary N) is 2. The molecule has 0 bridgehead atoms. The van der Waals surface area contributed by atoms with Crippen molar-refractivity contribution in [1.29, 1.82) is 0 Å². The van der Waals surface area contributed by atoms with E-state index < -0.39 is 0 Å². The number of amides is 3. The second kappa shape index (κ2) is 24.4. The molecule has 0 aliphatic carbocycles. The van der Waals surface area contributed by atoms with Crippen molar-refractivity contribution in [3.8, 4) is 0 Å². The summed E-state index contributed by atoms with van der Waals surface area (Å²) < 4.78 is 5.28. The zero-order chi connectivity index (χ0) is 25.2. The molecule has 1 fully saturated rings. The molecular weight excluding hydrogens is 438 g/mol. The van der Waals surface area contributed by atoms with Gasteiger partial charge in [0.15, 0.2) is 0 Å². The number of urea groups is 1. The Morgan fingerprint density at radius 2 is 1.00 bits per heavy atom. The first-order chi connectivity index (χ1) is 17.2. The van der Waals surface area contributed by atoms with Gasteiger partial charge >= 0.3 is 6.03 Å². The fourth-order valence-electron chi connectivity index (χ4n) is 4.69. The quantitative estimate of drug-likeness (QED) is 0.150. The SMILES string of the molecule is CCCCCCCCCCCCCCCCCCNC(=O)NCCCCCC(=O)N1CCOCC1. The van der Waals surface area contributed by atoms with Crippen LogP contribution >= 0.6 is 0 Å². The first-order valence-electron chi connectivity index (χ1n) is 15.1. The van der Waals surface area contributed by atoms with Crippen LogP contribution in [0, 0.1) is 0 Å². The molecular formula is C29H57N3O3. The molecule has 1 aliphatic rings. The van der Waals surface area contributed by atoms with Crippen LogP contribution in [0.25, 0.3) is 0 Å². The summed E-state index contributed by atoms with van der Waals surface area (Å²) in [4.78, 5) is 25.8. The summed E-state index contributed by atoms with van der Waals surface area (Å²) in [5.74, 6) is 0.234. The molecule has 1 saturated heterocycles. The van der Waals surface area contributed by atoms with Gasteiger partial charge in [0.1, 0.15) is 0 Å². The number of carbonyl (C=O) groups excluding carboxylic acids is 2. The predicted molar refractivity (Wildman–Crippen MR) is 147 cm³/mol. The topological polar surface area (TPSA) is 70.7 Å². The lowest BCUT2D eigenvalue weighted by molar-refractivity contribution is -0.135. The summed E-state index contributed by atoms with van der Waals surface area (Å²) in [6.07, 6.45) is 25.2. The molecule has 35 heavy (non-hydrogen) atoms. The molecule has 1 aliphatic heterocycles. The highest BCUT2D eigenvalue weighted by Crippen LogP contribution is 2.13. The lowest BCUT2D eigenvalue weighted by Gasteiger charge is -2.26. The first-order valence-corrected chi connectivity index (χ1v) is 15.1. The van der Waals surface area contributed by atoms with Crippen molar-refractivity contribution in [1.82, 2.24) is 15.5 Å². The van der Waals surface area contributed by atoms with E-state index in [4.69, 9.17) is 4.74 Å². The first kappa shape index (κ1) is 31.7. The second-order valence-corrected chi connectivity index (χ2v) is 10.3. The minimum atomic E-state index is -0.0599. The van der Waals surface area contributed by atoms with Gasteiger partial charge < -0.3 is 20.3 Å². The maximum Gasteiger partial charge on any atom is 0.314 e. The van der Waals surface area contributed by atoms with Gasteiger partial charge in [-0.25, -0.2) is 4.79 Å². The van der Waals surface area contributed by atoms with Gasteiger partial charge in [0.2, 0.25) is 5.91 Å². The molecule has 6 nitrogen and oxygen atoms in total. The minimum absolute atomic E-state index is 0.0599. The van der Waals surface area contributed by atoms with Gasteiger partial charge in [-0.1, -0.05) is 110 Å². The zero-order valence-corrected chi connectivity index (χ0v) is 23.1. The Balaban J connectivity index is 1.73. The second-order valence-electron chi connectivity index (χ2n) is 10.3. The third-order valence-corrected chi connectivity index (χ3v) is 7.03. The molecule has 0 unspecified atom stereocenters. The maximum absolute atomic E-state index is 12.1. The number of hydrogen-bond donors (Lipinski definition) is 2. The molecule has 0 atom stereocenters. The molecule has 0 spiro atoms. The summed E-state index contributed by atoms with van der Waals surface area (Å²) in [7, 11) is 0. The van der Waals surface area contributed by atoms with Gasteiger partial charge in [-0.2, -0.15) is 0 Å². The Morgan fingerprint density at radius 1 is 0.600 bits per heavy atom. The normalized spacial score (nSPS) is 13.7. The van der Waals surface area contributed by atoms with Gasteiger partial charge in [0.05, 0.1) is 13.2 Å². The highest BCUT2D eigenvalue weighted by atomic mass is 16.5. The van der Waals surface area contributed by atoms with Crippen LogP contribution in [0.4, 0.5) is 4.79 Å². The summed E-state index contributed by atoms with van der Waals surface area (Å²) in [6, 6.07) is -0.0599. The average molecular weight is 496 g/mol. The van der Waals surface area contributed by atoms with Crippen molar-refractivity contribution in [2.24, 2.45) is 0 Å². The Labute approximate surface area is 216 Å². The molecule has 2 N–H and O–H groups in total. The van der Waals surface area contributed by atoms with Crippen LogP contribution < -0.4 is 10.6 Å². The van der Waals surface area contributed by atoms with Crippen LogP contribution in [0.1, 0.15) is 135 Å². The number of carbonyl (C=O) groups is 2. The maximum atomic E-state index is 12.1. The van der Waals surface area contributed by atoms with Crippen molar-refractivity contribution in [3.63, 3.8) is 0 Å². The van der Waals surface area contributed by atoms with E-state index in [0.717, 1.165) is 45.3 Å². The Bertz CT molecular complexity index is 496. The van der Waals surface area contributed by atoms with E-state index in [0.29, 0.717) is 26.2 Å². The molecule has 206 valence electrons. The standard InChI is InChI=1S/C29H57N3O3/c1-2-3-4-5-6-7-8-9-10-11-12-13-14-15-16-19-22-30-29(34)31-23-20-17-18-21-28(33)32-24-26-35-27-25-32/h2-27H2,1H3,(H2,30,31,34). The molecule has 3 amide bonds. The van der Waals surface area contributed by atoms with Crippen LogP contribution in [0.2, 0.25) is 0 Å². The van der Waals surface area contributed by atoms with Crippen molar-refractivity contribution in [3.05, 3.63) is 0 Å². The molecule has 1 heterocycles. The average Bonchev–Trinajstić information content (AvgIpc) is 2.88. The summed E-state index contributed by atoms with van der Waals surface area (Å²) in [5.41, 5.74) is 0. The molecule has 0 aromatic carbocycles. The lowest BCUT2D eigenvalue weighted by atomic mass is 10.0. The molecule has 6 heteroatoms. The van der Waals surface area contributed by atoms with E-state index in [9.17, 15) is 9.59 Å². The highest BCUT2D eigenvalue weighted by Gasteiger charge is 2.15. The number of ether oxygens (including phenoxy) is 1. The molecule has 0 saturated carbocycles. The number of morpholine rings is 1.